The first kappa shape index (κ1) is 23.1. The van der Waals surface area contributed by atoms with E-state index in [1.54, 1.807) is 0 Å². The standard InChI is InChI=1S/C6H6F9O4PSi3/c7-4(8,9)1-21-17-20(16,18-22-2-5(10,11)12)19-23-3-6(13,14)15/h1-3H2. The minimum atomic E-state index is -4.94. The van der Waals surface area contributed by atoms with Crippen LogP contribution in [0, 0.1) is 0 Å². The monoisotopic (exact) mass is 428 g/mol. The van der Waals surface area contributed by atoms with E-state index in [4.69, 9.17) is 0 Å². The van der Waals surface area contributed by atoms with Crippen LogP contribution in [0.25, 0.3) is 0 Å². The molecule has 0 aliphatic rings. The molecule has 0 aromatic rings. The number of hydrogen-bond donors (Lipinski definition) is 0. The highest BCUT2D eigenvalue weighted by Gasteiger charge is 2.36. The summed E-state index contributed by atoms with van der Waals surface area (Å²) in [6, 6.07) is -4.81. The zero-order valence-corrected chi connectivity index (χ0v) is 14.5. The minimum Gasteiger partial charge on any atom is -0.332 e. The van der Waals surface area contributed by atoms with E-state index in [0.29, 0.717) is 0 Å². The van der Waals surface area contributed by atoms with Crippen molar-refractivity contribution in [3.05, 3.63) is 0 Å². The Bertz CT molecular complexity index is 341. The molecule has 0 aromatic carbocycles. The molecule has 17 heteroatoms. The van der Waals surface area contributed by atoms with Crippen LogP contribution < -0.4 is 0 Å². The summed E-state index contributed by atoms with van der Waals surface area (Å²) in [7, 11) is -9.62. The molecule has 0 atom stereocenters. The number of hydrogen-bond acceptors (Lipinski definition) is 4. The van der Waals surface area contributed by atoms with Gasteiger partial charge in [0.1, 0.15) is 0 Å². The third kappa shape index (κ3) is 15.4. The summed E-state index contributed by atoms with van der Waals surface area (Å²) >= 11 is 0. The van der Waals surface area contributed by atoms with Crippen molar-refractivity contribution < 1.29 is 56.7 Å². The minimum absolute atomic E-state index is 1.56. The van der Waals surface area contributed by atoms with E-state index in [0.717, 1.165) is 0 Å². The maximum absolute atomic E-state index is 11.9. The van der Waals surface area contributed by atoms with Crippen LogP contribution in [-0.4, -0.2) is 47.8 Å². The van der Waals surface area contributed by atoms with Crippen molar-refractivity contribution in [2.24, 2.45) is 0 Å². The van der Waals surface area contributed by atoms with Gasteiger partial charge in [0.15, 0.2) is 0 Å². The molecule has 0 saturated heterocycles. The molecule has 6 radical (unpaired) electrons. The summed E-state index contributed by atoms with van der Waals surface area (Å²) in [5.41, 5.74) is 0. The van der Waals surface area contributed by atoms with E-state index in [1.807, 2.05) is 0 Å². The average molecular weight is 428 g/mol. The molecule has 4 nitrogen and oxygen atoms in total. The molecule has 0 saturated carbocycles. The van der Waals surface area contributed by atoms with Gasteiger partial charge in [-0.1, -0.05) is 0 Å². The molecule has 0 aliphatic heterocycles. The number of halogens is 9. The van der Waals surface area contributed by atoms with Crippen molar-refractivity contribution in [3.8, 4) is 0 Å². The third-order valence-corrected chi connectivity index (χ3v) is 7.22. The first-order chi connectivity index (χ1) is 10.1. The van der Waals surface area contributed by atoms with E-state index in [2.05, 4.69) is 12.6 Å². The summed E-state index contributed by atoms with van der Waals surface area (Å²) in [6.45, 7) is 0. The summed E-state index contributed by atoms with van der Waals surface area (Å²) in [6.07, 6.45) is -14.1. The fourth-order valence-electron chi connectivity index (χ4n) is 0.635. The Morgan fingerprint density at radius 2 is 0.826 bits per heavy atom. The van der Waals surface area contributed by atoms with E-state index in [9.17, 15) is 44.1 Å². The summed E-state index contributed by atoms with van der Waals surface area (Å²) in [5.74, 6) is 0. The Hall–Kier alpha value is 0.131. The number of rotatable bonds is 9. The van der Waals surface area contributed by atoms with Crippen LogP contribution in [0.5, 0.6) is 0 Å². The molecular weight excluding hydrogens is 422 g/mol. The van der Waals surface area contributed by atoms with Crippen LogP contribution in [0.3, 0.4) is 0 Å². The van der Waals surface area contributed by atoms with Crippen molar-refractivity contribution in [3.63, 3.8) is 0 Å². The van der Waals surface area contributed by atoms with Crippen LogP contribution in [0.4, 0.5) is 39.5 Å². The Balaban J connectivity index is 4.53. The van der Waals surface area contributed by atoms with Gasteiger partial charge in [-0.2, -0.15) is 39.5 Å². The quantitative estimate of drug-likeness (QED) is 0.317. The maximum Gasteiger partial charge on any atom is 0.444 e. The van der Waals surface area contributed by atoms with Gasteiger partial charge in [0, 0.05) is 0 Å². The number of alkyl halides is 9. The van der Waals surface area contributed by atoms with E-state index in [1.165, 1.54) is 0 Å². The highest BCUT2D eigenvalue weighted by molar-refractivity contribution is 7.51. The van der Waals surface area contributed by atoms with Gasteiger partial charge in [-0.05, 0) is 0 Å². The second-order valence-electron chi connectivity index (χ2n) is 3.53. The van der Waals surface area contributed by atoms with Gasteiger partial charge < -0.3 is 12.6 Å². The maximum atomic E-state index is 11.9. The van der Waals surface area contributed by atoms with E-state index in [-0.39, 0.29) is 0 Å². The normalized spacial score (nSPS) is 14.3. The lowest BCUT2D eigenvalue weighted by Gasteiger charge is -2.18. The van der Waals surface area contributed by atoms with E-state index >= 15 is 0 Å². The molecule has 0 heterocycles. The van der Waals surface area contributed by atoms with Gasteiger partial charge in [-0.3, -0.25) is 0 Å². The molecule has 0 amide bonds. The fraction of sp³-hybridized carbons (Fsp3) is 1.00. The highest BCUT2D eigenvalue weighted by Crippen LogP contribution is 2.49. The predicted octanol–water partition coefficient (Wildman–Crippen LogP) is 3.94. The predicted molar refractivity (Wildman–Crippen MR) is 60.7 cm³/mol. The van der Waals surface area contributed by atoms with Crippen molar-refractivity contribution in [1.29, 1.82) is 0 Å². The zero-order valence-electron chi connectivity index (χ0n) is 10.6. The Labute approximate surface area is 131 Å². The Morgan fingerprint density at radius 1 is 0.609 bits per heavy atom. The van der Waals surface area contributed by atoms with Crippen LogP contribution >= 0.6 is 7.82 Å². The highest BCUT2D eigenvalue weighted by atomic mass is 31.2. The van der Waals surface area contributed by atoms with E-state index < -0.39 is 73.8 Å². The van der Waals surface area contributed by atoms with Crippen LogP contribution in [0.1, 0.15) is 0 Å². The molecular formula is C6H6F9O4PSi3. The van der Waals surface area contributed by atoms with Gasteiger partial charge in [-0.25, -0.2) is 4.57 Å². The summed E-state index contributed by atoms with van der Waals surface area (Å²) in [5, 5.41) is 0. The second kappa shape index (κ2) is 9.00. The van der Waals surface area contributed by atoms with Gasteiger partial charge in [0.05, 0.1) is 18.1 Å². The second-order valence-corrected chi connectivity index (χ2v) is 8.54. The fourth-order valence-corrected chi connectivity index (χ4v) is 5.25. The molecule has 23 heavy (non-hydrogen) atoms. The van der Waals surface area contributed by atoms with Crippen LogP contribution in [0.15, 0.2) is 0 Å². The van der Waals surface area contributed by atoms with Crippen molar-refractivity contribution in [2.45, 2.75) is 36.7 Å². The largest absolute Gasteiger partial charge is 0.444 e. The lowest BCUT2D eigenvalue weighted by molar-refractivity contribution is -0.111. The first-order valence-corrected chi connectivity index (χ1v) is 9.97. The topological polar surface area (TPSA) is 44.8 Å². The van der Waals surface area contributed by atoms with Gasteiger partial charge in [0.25, 0.3) is 29.3 Å². The molecule has 0 fully saturated rings. The lowest BCUT2D eigenvalue weighted by Crippen LogP contribution is -2.18. The van der Waals surface area contributed by atoms with Crippen molar-refractivity contribution in [2.75, 3.05) is 0 Å². The molecule has 0 rings (SSSR count). The van der Waals surface area contributed by atoms with Crippen molar-refractivity contribution in [1.82, 2.24) is 0 Å². The first-order valence-electron chi connectivity index (χ1n) is 5.16. The molecule has 0 aromatic heterocycles. The summed E-state index contributed by atoms with van der Waals surface area (Å²) < 4.78 is 131. The third-order valence-electron chi connectivity index (χ3n) is 1.35. The van der Waals surface area contributed by atoms with Crippen LogP contribution in [-0.2, 0) is 17.2 Å². The Kier molecular flexibility index (Phi) is 9.05. The van der Waals surface area contributed by atoms with Crippen molar-refractivity contribution >= 4 is 37.1 Å². The van der Waals surface area contributed by atoms with Gasteiger partial charge in [0.2, 0.25) is 0 Å². The SMILES string of the molecule is O=P(O[Si]CC(F)(F)F)(O[Si]CC(F)(F)F)O[Si]CC(F)(F)F. The molecule has 0 N–H and O–H groups in total. The smallest absolute Gasteiger partial charge is 0.332 e. The van der Waals surface area contributed by atoms with Crippen LogP contribution in [0.2, 0.25) is 18.1 Å². The van der Waals surface area contributed by atoms with Gasteiger partial charge in [-0.15, -0.1) is 0 Å². The molecule has 0 aliphatic carbocycles. The molecule has 0 unspecified atom stereocenters. The lowest BCUT2D eigenvalue weighted by atomic mass is 10.8. The summed E-state index contributed by atoms with van der Waals surface area (Å²) in [4.78, 5) is 0. The average Bonchev–Trinajstić information content (AvgIpc) is 2.22. The zero-order chi connectivity index (χ0) is 18.4. The molecule has 0 spiro atoms. The van der Waals surface area contributed by atoms with Gasteiger partial charge >= 0.3 is 26.4 Å². The molecule has 134 valence electrons. The number of phosphoric acid groups is 1. The molecule has 0 bridgehead atoms. The Morgan fingerprint density at radius 3 is 1.00 bits per heavy atom.